The number of hydrogen-bond acceptors (Lipinski definition) is 4. The van der Waals surface area contributed by atoms with Crippen LogP contribution in [0.1, 0.15) is 64.6 Å². The monoisotopic (exact) mass is 457 g/mol. The molecule has 0 aliphatic carbocycles. The number of alkyl halides is 1. The van der Waals surface area contributed by atoms with Gasteiger partial charge in [0.15, 0.2) is 11.5 Å². The molecule has 2 heterocycles. The van der Waals surface area contributed by atoms with Gasteiger partial charge >= 0.3 is 0 Å². The third-order valence-electron chi connectivity index (χ3n) is 5.27. The van der Waals surface area contributed by atoms with Gasteiger partial charge < -0.3 is 14.2 Å². The van der Waals surface area contributed by atoms with Crippen LogP contribution in [0, 0.1) is 0 Å². The Labute approximate surface area is 176 Å². The molecule has 3 rings (SSSR count). The van der Waals surface area contributed by atoms with Crippen molar-refractivity contribution >= 4 is 15.9 Å². The molecule has 0 saturated carbocycles. The molecule has 1 fully saturated rings. The summed E-state index contributed by atoms with van der Waals surface area (Å²) in [7, 11) is 1.64. The Balaban J connectivity index is 1.84. The van der Waals surface area contributed by atoms with Crippen molar-refractivity contribution in [2.24, 2.45) is 0 Å². The van der Waals surface area contributed by atoms with Gasteiger partial charge in [-0.2, -0.15) is 0 Å². The number of nitrogens with zero attached hydrogens (tertiary/aromatic N) is 1. The zero-order valence-corrected chi connectivity index (χ0v) is 19.5. The predicted molar refractivity (Wildman–Crippen MR) is 113 cm³/mol. The van der Waals surface area contributed by atoms with Gasteiger partial charge in [-0.05, 0) is 87.0 Å². The van der Waals surface area contributed by atoms with E-state index in [1.165, 1.54) is 25.0 Å². The van der Waals surface area contributed by atoms with Gasteiger partial charge in [-0.3, -0.25) is 4.90 Å². The minimum atomic E-state index is -1.40. The SMILES string of the molecule is COc1cc2c(c(Br)c1OCC(C)(C)F)CCN1CC(OC(C)(C)C)CCC21. The lowest BCUT2D eigenvalue weighted by Gasteiger charge is -2.45. The van der Waals surface area contributed by atoms with Crippen molar-refractivity contribution in [3.05, 3.63) is 21.7 Å². The summed E-state index contributed by atoms with van der Waals surface area (Å²) in [4.78, 5) is 2.53. The number of hydrogen-bond donors (Lipinski definition) is 0. The van der Waals surface area contributed by atoms with Gasteiger partial charge in [-0.1, -0.05) is 0 Å². The van der Waals surface area contributed by atoms with E-state index < -0.39 is 5.67 Å². The zero-order valence-electron chi connectivity index (χ0n) is 17.9. The lowest BCUT2D eigenvalue weighted by molar-refractivity contribution is -0.0971. The fourth-order valence-corrected chi connectivity index (χ4v) is 4.94. The van der Waals surface area contributed by atoms with Crippen LogP contribution < -0.4 is 9.47 Å². The van der Waals surface area contributed by atoms with Crippen molar-refractivity contribution in [3.63, 3.8) is 0 Å². The maximum atomic E-state index is 14.0. The molecule has 2 atom stereocenters. The van der Waals surface area contributed by atoms with E-state index in [1.54, 1.807) is 7.11 Å². The van der Waals surface area contributed by atoms with Crippen molar-refractivity contribution < 1.29 is 18.6 Å². The van der Waals surface area contributed by atoms with Gasteiger partial charge in [0.2, 0.25) is 0 Å². The predicted octanol–water partition coefficient (Wildman–Crippen LogP) is 5.46. The van der Waals surface area contributed by atoms with E-state index in [4.69, 9.17) is 14.2 Å². The van der Waals surface area contributed by atoms with Gasteiger partial charge in [0.1, 0.15) is 12.3 Å². The molecule has 1 aromatic rings. The van der Waals surface area contributed by atoms with Gasteiger partial charge in [-0.15, -0.1) is 0 Å². The molecule has 0 N–H and O–H groups in total. The second-order valence-corrected chi connectivity index (χ2v) is 10.3. The summed E-state index contributed by atoms with van der Waals surface area (Å²) in [5.41, 5.74) is 1.02. The maximum Gasteiger partial charge on any atom is 0.175 e. The topological polar surface area (TPSA) is 30.9 Å². The number of benzene rings is 1. The normalized spacial score (nSPS) is 23.1. The molecular weight excluding hydrogens is 425 g/mol. The van der Waals surface area contributed by atoms with Gasteiger partial charge in [0.05, 0.1) is 23.3 Å². The van der Waals surface area contributed by atoms with E-state index in [0.29, 0.717) is 17.5 Å². The minimum absolute atomic E-state index is 0.0118. The molecule has 1 aromatic carbocycles. The first-order chi connectivity index (χ1) is 13.0. The molecule has 0 amide bonds. The number of fused-ring (bicyclic) bond motifs is 3. The van der Waals surface area contributed by atoms with E-state index in [2.05, 4.69) is 47.7 Å². The molecule has 28 heavy (non-hydrogen) atoms. The van der Waals surface area contributed by atoms with E-state index in [9.17, 15) is 4.39 Å². The molecule has 1 saturated heterocycles. The Morgan fingerprint density at radius 3 is 2.54 bits per heavy atom. The first-order valence-corrected chi connectivity index (χ1v) is 10.9. The third-order valence-corrected chi connectivity index (χ3v) is 6.11. The molecule has 0 radical (unpaired) electrons. The van der Waals surface area contributed by atoms with Crippen molar-refractivity contribution in [2.75, 3.05) is 26.8 Å². The molecular formula is C22H33BrFNO3. The van der Waals surface area contributed by atoms with Crippen LogP contribution in [0.2, 0.25) is 0 Å². The molecule has 2 aliphatic rings. The quantitative estimate of drug-likeness (QED) is 0.586. The zero-order chi connectivity index (χ0) is 20.7. The molecule has 2 aliphatic heterocycles. The van der Waals surface area contributed by atoms with Crippen LogP contribution in [0.5, 0.6) is 11.5 Å². The molecule has 0 aromatic heterocycles. The summed E-state index contributed by atoms with van der Waals surface area (Å²) in [6.45, 7) is 11.3. The summed E-state index contributed by atoms with van der Waals surface area (Å²) < 4.78 is 32.5. The van der Waals surface area contributed by atoms with Crippen LogP contribution in [0.25, 0.3) is 0 Å². The lowest BCUT2D eigenvalue weighted by Crippen LogP contribution is -2.47. The van der Waals surface area contributed by atoms with E-state index in [0.717, 1.165) is 36.8 Å². The van der Waals surface area contributed by atoms with Crippen LogP contribution in [-0.4, -0.2) is 49.1 Å². The Hall–Kier alpha value is -0.850. The molecule has 0 bridgehead atoms. The number of ether oxygens (including phenoxy) is 3. The van der Waals surface area contributed by atoms with E-state index >= 15 is 0 Å². The fourth-order valence-electron chi connectivity index (χ4n) is 4.20. The van der Waals surface area contributed by atoms with Gasteiger partial charge in [0.25, 0.3) is 0 Å². The molecule has 4 nitrogen and oxygen atoms in total. The van der Waals surface area contributed by atoms with Crippen LogP contribution in [-0.2, 0) is 11.2 Å². The highest BCUT2D eigenvalue weighted by atomic mass is 79.9. The highest BCUT2D eigenvalue weighted by Crippen LogP contribution is 2.47. The van der Waals surface area contributed by atoms with Crippen LogP contribution >= 0.6 is 15.9 Å². The number of halogens is 2. The largest absolute Gasteiger partial charge is 0.493 e. The van der Waals surface area contributed by atoms with Crippen LogP contribution in [0.15, 0.2) is 10.5 Å². The maximum absolute atomic E-state index is 14.0. The smallest absolute Gasteiger partial charge is 0.175 e. The standard InChI is InChI=1S/C22H33BrFNO3/c1-21(2,3)28-14-7-8-17-16-11-18(26-6)20(27-13-22(4,5)24)19(23)15(16)9-10-25(17)12-14/h11,14,17H,7-10,12-13H2,1-6H3. The average molecular weight is 458 g/mol. The minimum Gasteiger partial charge on any atom is -0.493 e. The fraction of sp³-hybridized carbons (Fsp3) is 0.727. The Kier molecular flexibility index (Phi) is 6.33. The van der Waals surface area contributed by atoms with E-state index in [-0.39, 0.29) is 18.3 Å². The Morgan fingerprint density at radius 1 is 1.21 bits per heavy atom. The van der Waals surface area contributed by atoms with Crippen molar-refractivity contribution in [2.45, 2.75) is 77.3 Å². The lowest BCUT2D eigenvalue weighted by atomic mass is 9.85. The number of piperidine rings is 1. The van der Waals surface area contributed by atoms with Crippen molar-refractivity contribution in [1.82, 2.24) is 4.90 Å². The first-order valence-electron chi connectivity index (χ1n) is 10.1. The van der Waals surface area contributed by atoms with Gasteiger partial charge in [-0.25, -0.2) is 4.39 Å². The number of methoxy groups -OCH3 is 1. The summed E-state index contributed by atoms with van der Waals surface area (Å²) >= 11 is 3.72. The summed E-state index contributed by atoms with van der Waals surface area (Å²) in [5, 5.41) is 0. The molecule has 0 spiro atoms. The highest BCUT2D eigenvalue weighted by Gasteiger charge is 2.37. The second kappa shape index (κ2) is 8.11. The number of rotatable bonds is 5. The van der Waals surface area contributed by atoms with Gasteiger partial charge in [0, 0.05) is 19.1 Å². The summed E-state index contributed by atoms with van der Waals surface area (Å²) in [6, 6.07) is 2.45. The van der Waals surface area contributed by atoms with Crippen LogP contribution in [0.4, 0.5) is 4.39 Å². The van der Waals surface area contributed by atoms with Crippen molar-refractivity contribution in [1.29, 1.82) is 0 Å². The average Bonchev–Trinajstić information content (AvgIpc) is 2.57. The third kappa shape index (κ3) is 5.00. The summed E-state index contributed by atoms with van der Waals surface area (Å²) in [6.07, 6.45) is 3.30. The van der Waals surface area contributed by atoms with Crippen LogP contribution in [0.3, 0.4) is 0 Å². The molecule has 158 valence electrons. The molecule has 2 unspecified atom stereocenters. The Morgan fingerprint density at radius 2 is 1.93 bits per heavy atom. The molecule has 6 heteroatoms. The van der Waals surface area contributed by atoms with E-state index in [1.807, 2.05) is 0 Å². The summed E-state index contributed by atoms with van der Waals surface area (Å²) in [5.74, 6) is 1.26. The van der Waals surface area contributed by atoms with Crippen molar-refractivity contribution in [3.8, 4) is 11.5 Å². The highest BCUT2D eigenvalue weighted by molar-refractivity contribution is 9.10. The first kappa shape index (κ1) is 21.8. The Bertz CT molecular complexity index is 711. The second-order valence-electron chi connectivity index (χ2n) is 9.49.